The molecule has 1 aliphatic carbocycles. The van der Waals surface area contributed by atoms with Crippen LogP contribution in [0, 0.1) is 5.92 Å². The van der Waals surface area contributed by atoms with Gasteiger partial charge in [-0.05, 0) is 55.2 Å². The molecule has 1 aliphatic rings. The molecule has 0 radical (unpaired) electrons. The van der Waals surface area contributed by atoms with Crippen LogP contribution in [0.5, 0.6) is 0 Å². The van der Waals surface area contributed by atoms with Crippen LogP contribution in [0.4, 0.5) is 87.8 Å². The summed E-state index contributed by atoms with van der Waals surface area (Å²) in [7, 11) is 0. The van der Waals surface area contributed by atoms with Crippen LogP contribution in [0.1, 0.15) is 60.9 Å². The summed E-state index contributed by atoms with van der Waals surface area (Å²) in [5, 5.41) is 0. The van der Waals surface area contributed by atoms with E-state index in [0.29, 0.717) is 24.3 Å². The normalized spacial score (nSPS) is 19.9. The molecule has 2 rings (SSSR count). The molecule has 0 heterocycles. The SMILES string of the molecule is CC[C@H]1CC[C@H](c2ccc(C(=O)OCC(F)(F)C(F)(F)C(F)(F)C(F)(F)C(F)(F)C(F)(F)C(F)(F)C(F)(F)C(F)(F)C(F)F)cc2)CC1. The lowest BCUT2D eigenvalue weighted by Gasteiger charge is -2.44. The zero-order valence-corrected chi connectivity index (χ0v) is 23.7. The van der Waals surface area contributed by atoms with Gasteiger partial charge in [0.2, 0.25) is 0 Å². The standard InChI is InChI=1S/C26H22F20O2/c1-2-12-3-5-13(6-4-12)14-7-9-15(10-8-14)16(47)48-11-18(29,30)20(33,34)22(37,38)24(41,42)26(45,46)25(43,44)23(39,40)21(35,36)19(31,32)17(27)28/h7-10,12-13,17H,2-6,11H2,1H3/t12-,13-. The molecule has 0 bridgehead atoms. The van der Waals surface area contributed by atoms with Crippen molar-refractivity contribution in [3.05, 3.63) is 35.4 Å². The van der Waals surface area contributed by atoms with E-state index in [0.717, 1.165) is 31.4 Å². The summed E-state index contributed by atoms with van der Waals surface area (Å²) in [6, 6.07) is 4.26. The van der Waals surface area contributed by atoms with Gasteiger partial charge in [0, 0.05) is 0 Å². The third-order valence-corrected chi connectivity index (χ3v) is 7.94. The smallest absolute Gasteiger partial charge is 0.385 e. The van der Waals surface area contributed by atoms with Gasteiger partial charge < -0.3 is 4.74 Å². The van der Waals surface area contributed by atoms with Crippen LogP contribution in [-0.2, 0) is 4.74 Å². The molecule has 48 heavy (non-hydrogen) atoms. The average Bonchev–Trinajstić information content (AvgIpc) is 2.99. The average molecular weight is 746 g/mol. The Kier molecular flexibility index (Phi) is 11.1. The van der Waals surface area contributed by atoms with Gasteiger partial charge in [-0.1, -0.05) is 25.5 Å². The Labute approximate surface area is 256 Å². The molecule has 1 saturated carbocycles. The lowest BCUT2D eigenvalue weighted by atomic mass is 9.78. The van der Waals surface area contributed by atoms with Crippen LogP contribution in [-0.4, -0.2) is 72.3 Å². The molecule has 0 amide bonds. The number of rotatable bonds is 14. The van der Waals surface area contributed by atoms with Crippen molar-refractivity contribution < 1.29 is 97.3 Å². The first kappa shape index (κ1) is 41.5. The number of carbonyl (C=O) groups excluding carboxylic acids is 1. The van der Waals surface area contributed by atoms with E-state index in [1.807, 2.05) is 6.92 Å². The third-order valence-electron chi connectivity index (χ3n) is 7.94. The van der Waals surface area contributed by atoms with E-state index in [1.165, 1.54) is 12.1 Å². The highest BCUT2D eigenvalue weighted by molar-refractivity contribution is 5.89. The Morgan fingerprint density at radius 1 is 0.625 bits per heavy atom. The number of benzene rings is 1. The van der Waals surface area contributed by atoms with Crippen molar-refractivity contribution in [2.24, 2.45) is 5.92 Å². The van der Waals surface area contributed by atoms with E-state index < -0.39 is 77.9 Å². The maximum atomic E-state index is 14.1. The fourth-order valence-electron chi connectivity index (χ4n) is 4.69. The topological polar surface area (TPSA) is 26.3 Å². The Morgan fingerprint density at radius 3 is 1.38 bits per heavy atom. The van der Waals surface area contributed by atoms with Gasteiger partial charge in [-0.2, -0.15) is 79.0 Å². The molecule has 22 heteroatoms. The summed E-state index contributed by atoms with van der Waals surface area (Å²) in [5.41, 5.74) is -0.133. The second-order valence-electron chi connectivity index (χ2n) is 11.0. The number of halogens is 20. The lowest BCUT2D eigenvalue weighted by molar-refractivity contribution is -0.465. The molecule has 2 nitrogen and oxygen atoms in total. The van der Waals surface area contributed by atoms with Gasteiger partial charge in [-0.3, -0.25) is 0 Å². The Bertz CT molecular complexity index is 1270. The number of carbonyl (C=O) groups is 1. The van der Waals surface area contributed by atoms with Gasteiger partial charge in [0.15, 0.2) is 6.61 Å². The fraction of sp³-hybridized carbons (Fsp3) is 0.731. The Hall–Kier alpha value is -2.71. The second-order valence-corrected chi connectivity index (χ2v) is 11.0. The Morgan fingerprint density at radius 2 is 1.00 bits per heavy atom. The van der Waals surface area contributed by atoms with Crippen LogP contribution < -0.4 is 0 Å². The van der Waals surface area contributed by atoms with Crippen molar-refractivity contribution in [3.63, 3.8) is 0 Å². The first-order valence-electron chi connectivity index (χ1n) is 13.3. The van der Waals surface area contributed by atoms with Gasteiger partial charge >= 0.3 is 65.7 Å². The van der Waals surface area contributed by atoms with Crippen molar-refractivity contribution in [2.45, 2.75) is 105 Å². The summed E-state index contributed by atoms with van der Waals surface area (Å²) in [5.74, 6) is -77.6. The maximum Gasteiger partial charge on any atom is 0.385 e. The summed E-state index contributed by atoms with van der Waals surface area (Å²) in [6.45, 7) is -1.42. The van der Waals surface area contributed by atoms with E-state index in [9.17, 15) is 92.6 Å². The number of ether oxygens (including phenoxy) is 1. The largest absolute Gasteiger partial charge is 0.455 e. The number of esters is 1. The lowest BCUT2D eigenvalue weighted by Crippen LogP contribution is -2.76. The predicted molar refractivity (Wildman–Crippen MR) is 122 cm³/mol. The number of alkyl halides is 20. The van der Waals surface area contributed by atoms with Crippen LogP contribution in [0.15, 0.2) is 24.3 Å². The first-order valence-corrected chi connectivity index (χ1v) is 13.3. The molecule has 0 aromatic heterocycles. The Balaban J connectivity index is 2.34. The molecule has 0 atom stereocenters. The van der Waals surface area contributed by atoms with E-state index in [-0.39, 0.29) is 5.92 Å². The summed E-state index contributed by atoms with van der Waals surface area (Å²) >= 11 is 0. The highest BCUT2D eigenvalue weighted by atomic mass is 19.4. The van der Waals surface area contributed by atoms with Crippen molar-refractivity contribution in [1.29, 1.82) is 0 Å². The highest BCUT2D eigenvalue weighted by Gasteiger charge is 2.96. The van der Waals surface area contributed by atoms with Gasteiger partial charge in [-0.15, -0.1) is 0 Å². The molecule has 0 aliphatic heterocycles. The van der Waals surface area contributed by atoms with E-state index in [4.69, 9.17) is 0 Å². The quantitative estimate of drug-likeness (QED) is 0.140. The minimum absolute atomic E-state index is 0.0257. The number of hydrogen-bond donors (Lipinski definition) is 0. The molecule has 0 N–H and O–H groups in total. The highest BCUT2D eigenvalue weighted by Crippen LogP contribution is 2.65. The molecule has 1 aromatic rings. The zero-order chi connectivity index (χ0) is 37.7. The monoisotopic (exact) mass is 746 g/mol. The fourth-order valence-corrected chi connectivity index (χ4v) is 4.69. The van der Waals surface area contributed by atoms with E-state index in [1.54, 1.807) is 0 Å². The van der Waals surface area contributed by atoms with Crippen molar-refractivity contribution in [2.75, 3.05) is 6.61 Å². The molecule has 0 saturated heterocycles. The summed E-state index contributed by atoms with van der Waals surface area (Å²) in [6.07, 6.45) is -2.12. The minimum Gasteiger partial charge on any atom is -0.455 e. The zero-order valence-electron chi connectivity index (χ0n) is 23.7. The first-order chi connectivity index (χ1) is 21.3. The van der Waals surface area contributed by atoms with Crippen LogP contribution in [0.25, 0.3) is 0 Å². The summed E-state index contributed by atoms with van der Waals surface area (Å²) in [4.78, 5) is 12.0. The number of hydrogen-bond acceptors (Lipinski definition) is 2. The third kappa shape index (κ3) is 6.25. The van der Waals surface area contributed by atoms with Gasteiger partial charge in [-0.25, -0.2) is 13.6 Å². The van der Waals surface area contributed by atoms with E-state index in [2.05, 4.69) is 4.74 Å². The van der Waals surface area contributed by atoms with Crippen molar-refractivity contribution >= 4 is 5.97 Å². The summed E-state index contributed by atoms with van der Waals surface area (Å²) < 4.78 is 275. The molecule has 0 spiro atoms. The van der Waals surface area contributed by atoms with Crippen LogP contribution in [0.2, 0.25) is 0 Å². The molecule has 0 unspecified atom stereocenters. The second kappa shape index (κ2) is 12.9. The molecule has 1 fully saturated rings. The predicted octanol–water partition coefficient (Wildman–Crippen LogP) is 10.5. The van der Waals surface area contributed by atoms with E-state index >= 15 is 0 Å². The van der Waals surface area contributed by atoms with Crippen molar-refractivity contribution in [1.82, 2.24) is 0 Å². The molecular formula is C26H22F20O2. The molecular weight excluding hydrogens is 724 g/mol. The molecule has 278 valence electrons. The van der Waals surface area contributed by atoms with Crippen LogP contribution >= 0.6 is 0 Å². The maximum absolute atomic E-state index is 14.1. The van der Waals surface area contributed by atoms with Crippen LogP contribution in [0.3, 0.4) is 0 Å². The van der Waals surface area contributed by atoms with Gasteiger partial charge in [0.25, 0.3) is 0 Å². The van der Waals surface area contributed by atoms with Gasteiger partial charge in [0.05, 0.1) is 5.56 Å². The molecule has 1 aromatic carbocycles. The minimum atomic E-state index is -9.09. The van der Waals surface area contributed by atoms with Gasteiger partial charge in [0.1, 0.15) is 0 Å². The van der Waals surface area contributed by atoms with Crippen molar-refractivity contribution in [3.8, 4) is 0 Å².